The van der Waals surface area contributed by atoms with Crippen molar-refractivity contribution in [3.63, 3.8) is 0 Å². The standard InChI is InChI=1S/C4H4ClNOS.ClH.Cu/c1-6-4(7)2-3(5)8-6;;/h2H,1H3;1H;. The molecule has 1 radical (unpaired) electrons. The zero-order valence-electron chi connectivity index (χ0n) is 4.93. The Balaban J connectivity index is 0. The third-order valence-corrected chi connectivity index (χ3v) is 1.83. The van der Waals surface area contributed by atoms with Crippen LogP contribution in [0.1, 0.15) is 0 Å². The molecule has 2 nitrogen and oxygen atoms in total. The van der Waals surface area contributed by atoms with E-state index in [4.69, 9.17) is 11.6 Å². The predicted molar refractivity (Wildman–Crippen MR) is 41.8 cm³/mol. The SMILES string of the molecule is Cl.Cn1sc(Cl)cc1=O.[Cu]. The van der Waals surface area contributed by atoms with Crippen LogP contribution >= 0.6 is 35.5 Å². The molecule has 0 saturated carbocycles. The molecule has 10 heavy (non-hydrogen) atoms. The number of hydrogen-bond donors (Lipinski definition) is 0. The van der Waals surface area contributed by atoms with Gasteiger partial charge in [0.1, 0.15) is 4.34 Å². The summed E-state index contributed by atoms with van der Waals surface area (Å²) in [6, 6.07) is 1.40. The quantitative estimate of drug-likeness (QED) is 0.639. The van der Waals surface area contributed by atoms with Gasteiger partial charge in [0.05, 0.1) is 0 Å². The molecule has 0 aromatic carbocycles. The average Bonchev–Trinajstić information content (AvgIpc) is 1.85. The fourth-order valence-electron chi connectivity index (χ4n) is 0.390. The molecule has 1 rings (SSSR count). The van der Waals surface area contributed by atoms with Crippen molar-refractivity contribution in [3.05, 3.63) is 20.8 Å². The summed E-state index contributed by atoms with van der Waals surface area (Å²) in [5.74, 6) is 0. The van der Waals surface area contributed by atoms with Gasteiger partial charge < -0.3 is 0 Å². The van der Waals surface area contributed by atoms with Crippen LogP contribution in [0.5, 0.6) is 0 Å². The van der Waals surface area contributed by atoms with E-state index in [1.165, 1.54) is 21.6 Å². The first-order valence-electron chi connectivity index (χ1n) is 2.03. The normalized spacial score (nSPS) is 7.80. The number of hydrogen-bond acceptors (Lipinski definition) is 2. The monoisotopic (exact) mass is 248 g/mol. The number of halogens is 2. The summed E-state index contributed by atoms with van der Waals surface area (Å²) >= 11 is 6.70. The third-order valence-electron chi connectivity index (χ3n) is 0.771. The summed E-state index contributed by atoms with van der Waals surface area (Å²) in [6.45, 7) is 0. The topological polar surface area (TPSA) is 22.0 Å². The molecule has 1 aromatic rings. The molecule has 1 aromatic heterocycles. The Morgan fingerprint density at radius 3 is 2.30 bits per heavy atom. The molecule has 0 bridgehead atoms. The molecule has 0 atom stereocenters. The van der Waals surface area contributed by atoms with E-state index in [1.807, 2.05) is 0 Å². The number of aromatic nitrogens is 1. The summed E-state index contributed by atoms with van der Waals surface area (Å²) in [7, 11) is 1.68. The van der Waals surface area contributed by atoms with E-state index < -0.39 is 0 Å². The zero-order chi connectivity index (χ0) is 6.15. The minimum absolute atomic E-state index is 0. The van der Waals surface area contributed by atoms with Crippen LogP contribution < -0.4 is 5.56 Å². The molecule has 0 amide bonds. The van der Waals surface area contributed by atoms with Crippen LogP contribution in [0.25, 0.3) is 0 Å². The molecule has 0 unspecified atom stereocenters. The van der Waals surface area contributed by atoms with Crippen molar-refractivity contribution in [2.75, 3.05) is 0 Å². The van der Waals surface area contributed by atoms with Crippen LogP contribution in [-0.4, -0.2) is 3.96 Å². The maximum atomic E-state index is 10.5. The van der Waals surface area contributed by atoms with Gasteiger partial charge in [0.15, 0.2) is 0 Å². The summed E-state index contributed by atoms with van der Waals surface area (Å²) in [5, 5.41) is 0. The molecule has 0 aliphatic rings. The van der Waals surface area contributed by atoms with Gasteiger partial charge in [0, 0.05) is 30.2 Å². The van der Waals surface area contributed by atoms with Gasteiger partial charge in [-0.2, -0.15) is 0 Å². The number of nitrogens with zero attached hydrogens (tertiary/aromatic N) is 1. The molecule has 6 heteroatoms. The second-order valence-electron chi connectivity index (χ2n) is 1.38. The maximum absolute atomic E-state index is 10.5. The Kier molecular flexibility index (Phi) is 6.85. The molecule has 0 saturated heterocycles. The van der Waals surface area contributed by atoms with E-state index in [1.54, 1.807) is 7.05 Å². The number of rotatable bonds is 0. The van der Waals surface area contributed by atoms with Gasteiger partial charge in [-0.3, -0.25) is 8.75 Å². The van der Waals surface area contributed by atoms with E-state index in [9.17, 15) is 4.79 Å². The Morgan fingerprint density at radius 2 is 2.20 bits per heavy atom. The molecular weight excluding hydrogens is 245 g/mol. The van der Waals surface area contributed by atoms with Gasteiger partial charge >= 0.3 is 0 Å². The van der Waals surface area contributed by atoms with Crippen molar-refractivity contribution in [1.82, 2.24) is 3.96 Å². The van der Waals surface area contributed by atoms with Crippen LogP contribution in [0.15, 0.2) is 10.9 Å². The Morgan fingerprint density at radius 1 is 1.70 bits per heavy atom. The van der Waals surface area contributed by atoms with Crippen molar-refractivity contribution in [3.8, 4) is 0 Å². The molecule has 0 spiro atoms. The van der Waals surface area contributed by atoms with Crippen LogP contribution in [0.3, 0.4) is 0 Å². The number of aryl methyl sites for hydroxylation is 1. The van der Waals surface area contributed by atoms with E-state index >= 15 is 0 Å². The predicted octanol–water partition coefficient (Wildman–Crippen LogP) is 1.52. The van der Waals surface area contributed by atoms with Crippen molar-refractivity contribution >= 4 is 35.5 Å². The molecular formula is C4H5Cl2CuNOS. The van der Waals surface area contributed by atoms with Crippen molar-refractivity contribution < 1.29 is 17.1 Å². The molecule has 1 heterocycles. The van der Waals surface area contributed by atoms with Crippen molar-refractivity contribution in [2.24, 2.45) is 7.05 Å². The summed E-state index contributed by atoms with van der Waals surface area (Å²) in [5.41, 5.74) is -0.0417. The van der Waals surface area contributed by atoms with E-state index in [0.29, 0.717) is 4.34 Å². The minimum atomic E-state index is -0.0417. The van der Waals surface area contributed by atoms with Crippen LogP contribution in [0.4, 0.5) is 0 Å². The van der Waals surface area contributed by atoms with Crippen molar-refractivity contribution in [1.29, 1.82) is 0 Å². The van der Waals surface area contributed by atoms with E-state index in [-0.39, 0.29) is 35.0 Å². The van der Waals surface area contributed by atoms with Gasteiger partial charge in [-0.15, -0.1) is 12.4 Å². The molecule has 0 aliphatic heterocycles. The summed E-state index contributed by atoms with van der Waals surface area (Å²) in [4.78, 5) is 10.5. The van der Waals surface area contributed by atoms with Gasteiger partial charge in [0.25, 0.3) is 5.56 Å². The molecule has 0 aliphatic carbocycles. The second-order valence-corrected chi connectivity index (χ2v) is 3.18. The first-order valence-corrected chi connectivity index (χ1v) is 3.18. The van der Waals surface area contributed by atoms with Gasteiger partial charge in [-0.1, -0.05) is 11.6 Å². The fraction of sp³-hybridized carbons (Fsp3) is 0.250. The summed E-state index contributed by atoms with van der Waals surface area (Å²) in [6.07, 6.45) is 0. The minimum Gasteiger partial charge on any atom is -0.268 e. The Labute approximate surface area is 84.2 Å². The molecule has 63 valence electrons. The van der Waals surface area contributed by atoms with E-state index in [0.717, 1.165) is 0 Å². The van der Waals surface area contributed by atoms with Gasteiger partial charge in [-0.25, -0.2) is 0 Å². The van der Waals surface area contributed by atoms with Crippen molar-refractivity contribution in [2.45, 2.75) is 0 Å². The summed E-state index contributed by atoms with van der Waals surface area (Å²) < 4.78 is 2.01. The van der Waals surface area contributed by atoms with Gasteiger partial charge in [-0.05, 0) is 11.5 Å². The zero-order valence-corrected chi connectivity index (χ0v) is 8.26. The molecule has 0 N–H and O–H groups in total. The maximum Gasteiger partial charge on any atom is 0.261 e. The smallest absolute Gasteiger partial charge is 0.261 e. The first-order chi connectivity index (χ1) is 3.70. The van der Waals surface area contributed by atoms with Gasteiger partial charge in [0.2, 0.25) is 0 Å². The Bertz CT molecular complexity index is 246. The van der Waals surface area contributed by atoms with Crippen LogP contribution in [0.2, 0.25) is 4.34 Å². The largest absolute Gasteiger partial charge is 0.268 e. The van der Waals surface area contributed by atoms with Crippen LogP contribution in [-0.2, 0) is 24.1 Å². The second kappa shape index (κ2) is 5.22. The first kappa shape index (κ1) is 13.1. The van der Waals surface area contributed by atoms with E-state index in [2.05, 4.69) is 0 Å². The Hall–Kier alpha value is 0.529. The molecule has 0 fully saturated rings. The third kappa shape index (κ3) is 3.08. The average molecular weight is 250 g/mol. The van der Waals surface area contributed by atoms with Crippen LogP contribution in [0, 0.1) is 0 Å². The fourth-order valence-corrected chi connectivity index (χ4v) is 1.35.